The van der Waals surface area contributed by atoms with E-state index in [0.717, 1.165) is 25.1 Å². The molecular weight excluding hydrogens is 237 g/mol. The zero-order valence-electron chi connectivity index (χ0n) is 10.9. The highest BCUT2D eigenvalue weighted by Crippen LogP contribution is 2.42. The smallest absolute Gasteiger partial charge is 0.210 e. The molecule has 0 aromatic heterocycles. The fourth-order valence-electron chi connectivity index (χ4n) is 2.38. The maximum Gasteiger partial charge on any atom is 0.210 e. The number of halogens is 1. The topological polar surface area (TPSA) is 39.7 Å². The molecule has 0 saturated carbocycles. The Hall–Kier alpha value is -1.49. The van der Waals surface area contributed by atoms with E-state index >= 15 is 0 Å². The van der Waals surface area contributed by atoms with Crippen molar-refractivity contribution >= 4 is 0 Å². The summed E-state index contributed by atoms with van der Waals surface area (Å²) in [6.45, 7) is 1.76. The quantitative estimate of drug-likeness (QED) is 0.892. The number of methoxy groups -OCH3 is 3. The minimum atomic E-state index is -0.499. The van der Waals surface area contributed by atoms with E-state index in [9.17, 15) is 4.39 Å². The van der Waals surface area contributed by atoms with Crippen molar-refractivity contribution in [1.29, 1.82) is 0 Å². The Morgan fingerprint density at radius 2 is 1.89 bits per heavy atom. The second-order valence-electron chi connectivity index (χ2n) is 4.24. The van der Waals surface area contributed by atoms with Gasteiger partial charge < -0.3 is 19.5 Å². The predicted molar refractivity (Wildman–Crippen MR) is 66.3 cm³/mol. The normalized spacial score (nSPS) is 18.8. The van der Waals surface area contributed by atoms with Gasteiger partial charge in [-0.1, -0.05) is 0 Å². The standard InChI is InChI=1S/C13H18FNO3/c1-16-10-6-9(8-4-5-15-7-8)12(17-2)11(14)13(10)18-3/h6,8,15H,4-5,7H2,1-3H3. The Morgan fingerprint density at radius 1 is 1.17 bits per heavy atom. The molecular formula is C13H18FNO3. The molecule has 4 nitrogen and oxygen atoms in total. The van der Waals surface area contributed by atoms with Gasteiger partial charge in [-0.15, -0.1) is 0 Å². The van der Waals surface area contributed by atoms with Gasteiger partial charge in [-0.25, -0.2) is 0 Å². The van der Waals surface area contributed by atoms with E-state index in [2.05, 4.69) is 5.32 Å². The second kappa shape index (κ2) is 5.44. The van der Waals surface area contributed by atoms with Crippen molar-refractivity contribution in [2.75, 3.05) is 34.4 Å². The summed E-state index contributed by atoms with van der Waals surface area (Å²) in [7, 11) is 4.38. The van der Waals surface area contributed by atoms with Crippen LogP contribution < -0.4 is 19.5 Å². The Bertz CT molecular complexity index is 431. The van der Waals surface area contributed by atoms with Crippen molar-refractivity contribution < 1.29 is 18.6 Å². The highest BCUT2D eigenvalue weighted by Gasteiger charge is 2.27. The van der Waals surface area contributed by atoms with Gasteiger partial charge in [0.05, 0.1) is 21.3 Å². The summed E-state index contributed by atoms with van der Waals surface area (Å²) in [5.74, 6) is 0.485. The highest BCUT2D eigenvalue weighted by molar-refractivity contribution is 5.53. The van der Waals surface area contributed by atoms with E-state index in [0.29, 0.717) is 5.75 Å². The lowest BCUT2D eigenvalue weighted by atomic mass is 9.96. The molecule has 0 bridgehead atoms. The zero-order valence-corrected chi connectivity index (χ0v) is 10.9. The van der Waals surface area contributed by atoms with Gasteiger partial charge in [0, 0.05) is 18.0 Å². The molecule has 1 aliphatic heterocycles. The first-order chi connectivity index (χ1) is 8.72. The number of rotatable bonds is 4. The molecule has 18 heavy (non-hydrogen) atoms. The third-order valence-corrected chi connectivity index (χ3v) is 3.30. The lowest BCUT2D eigenvalue weighted by Gasteiger charge is -2.18. The van der Waals surface area contributed by atoms with Crippen LogP contribution in [0.25, 0.3) is 0 Å². The third kappa shape index (κ3) is 2.10. The van der Waals surface area contributed by atoms with Crippen molar-refractivity contribution in [2.24, 2.45) is 0 Å². The second-order valence-corrected chi connectivity index (χ2v) is 4.24. The lowest BCUT2D eigenvalue weighted by Crippen LogP contribution is -2.10. The van der Waals surface area contributed by atoms with E-state index < -0.39 is 5.82 Å². The first kappa shape index (κ1) is 13.0. The molecule has 1 unspecified atom stereocenters. The molecule has 100 valence electrons. The van der Waals surface area contributed by atoms with Crippen LogP contribution in [0.4, 0.5) is 4.39 Å². The van der Waals surface area contributed by atoms with Gasteiger partial charge in [0.25, 0.3) is 0 Å². The summed E-state index contributed by atoms with van der Waals surface area (Å²) in [5, 5.41) is 3.26. The summed E-state index contributed by atoms with van der Waals surface area (Å²) < 4.78 is 29.7. The first-order valence-electron chi connectivity index (χ1n) is 5.92. The van der Waals surface area contributed by atoms with Crippen LogP contribution in [0.15, 0.2) is 6.07 Å². The minimum Gasteiger partial charge on any atom is -0.493 e. The Kier molecular flexibility index (Phi) is 3.91. The maximum atomic E-state index is 14.3. The minimum absolute atomic E-state index is 0.0871. The molecule has 1 N–H and O–H groups in total. The molecule has 0 aliphatic carbocycles. The molecule has 1 atom stereocenters. The lowest BCUT2D eigenvalue weighted by molar-refractivity contribution is 0.317. The van der Waals surface area contributed by atoms with Crippen molar-refractivity contribution in [3.63, 3.8) is 0 Å². The number of benzene rings is 1. The molecule has 2 rings (SSSR count). The van der Waals surface area contributed by atoms with Crippen LogP contribution in [0.1, 0.15) is 17.9 Å². The van der Waals surface area contributed by atoms with Gasteiger partial charge in [-0.05, 0) is 19.0 Å². The van der Waals surface area contributed by atoms with Gasteiger partial charge in [-0.3, -0.25) is 0 Å². The number of nitrogens with one attached hydrogen (secondary N) is 1. The summed E-state index contributed by atoms with van der Waals surface area (Å²) in [6, 6.07) is 1.80. The number of hydrogen-bond acceptors (Lipinski definition) is 4. The Labute approximate surface area is 106 Å². The Balaban J connectivity index is 2.53. The van der Waals surface area contributed by atoms with Crippen molar-refractivity contribution in [1.82, 2.24) is 5.32 Å². The van der Waals surface area contributed by atoms with Crippen molar-refractivity contribution in [3.8, 4) is 17.2 Å². The number of hydrogen-bond donors (Lipinski definition) is 1. The average molecular weight is 255 g/mol. The third-order valence-electron chi connectivity index (χ3n) is 3.30. The number of ether oxygens (including phenoxy) is 3. The molecule has 1 aliphatic rings. The van der Waals surface area contributed by atoms with Crippen LogP contribution in [0, 0.1) is 5.82 Å². The largest absolute Gasteiger partial charge is 0.493 e. The summed E-state index contributed by atoms with van der Waals surface area (Å²) >= 11 is 0. The fraction of sp³-hybridized carbons (Fsp3) is 0.538. The van der Waals surface area contributed by atoms with Crippen LogP contribution in [0.3, 0.4) is 0 Å². The monoisotopic (exact) mass is 255 g/mol. The molecule has 1 fully saturated rings. The molecule has 1 saturated heterocycles. The van der Waals surface area contributed by atoms with Crippen LogP contribution in [0.2, 0.25) is 0 Å². The van der Waals surface area contributed by atoms with E-state index in [-0.39, 0.29) is 17.4 Å². The summed E-state index contributed by atoms with van der Waals surface area (Å²) in [6.07, 6.45) is 0.964. The van der Waals surface area contributed by atoms with Crippen molar-refractivity contribution in [3.05, 3.63) is 17.4 Å². The first-order valence-corrected chi connectivity index (χ1v) is 5.92. The van der Waals surface area contributed by atoms with Gasteiger partial charge >= 0.3 is 0 Å². The van der Waals surface area contributed by atoms with Gasteiger partial charge in [0.1, 0.15) is 0 Å². The summed E-state index contributed by atoms with van der Waals surface area (Å²) in [5.41, 5.74) is 0.831. The SMILES string of the molecule is COc1cc(C2CCNC2)c(OC)c(F)c1OC. The predicted octanol–water partition coefficient (Wildman–Crippen LogP) is 1.93. The van der Waals surface area contributed by atoms with E-state index in [1.54, 1.807) is 6.07 Å². The van der Waals surface area contributed by atoms with Gasteiger partial charge in [0.15, 0.2) is 11.5 Å². The van der Waals surface area contributed by atoms with Gasteiger partial charge in [-0.2, -0.15) is 4.39 Å². The van der Waals surface area contributed by atoms with Crippen LogP contribution in [-0.4, -0.2) is 34.4 Å². The van der Waals surface area contributed by atoms with Crippen LogP contribution >= 0.6 is 0 Å². The highest BCUT2D eigenvalue weighted by atomic mass is 19.1. The van der Waals surface area contributed by atoms with E-state index in [1.807, 2.05) is 0 Å². The molecule has 1 aromatic rings. The zero-order chi connectivity index (χ0) is 13.1. The molecule has 0 amide bonds. The van der Waals surface area contributed by atoms with Crippen LogP contribution in [0.5, 0.6) is 17.2 Å². The van der Waals surface area contributed by atoms with Gasteiger partial charge in [0.2, 0.25) is 11.6 Å². The fourth-order valence-corrected chi connectivity index (χ4v) is 2.38. The van der Waals surface area contributed by atoms with E-state index in [4.69, 9.17) is 14.2 Å². The molecule has 0 radical (unpaired) electrons. The van der Waals surface area contributed by atoms with Crippen molar-refractivity contribution in [2.45, 2.75) is 12.3 Å². The summed E-state index contributed by atoms with van der Waals surface area (Å²) in [4.78, 5) is 0. The molecule has 1 aromatic carbocycles. The molecule has 5 heteroatoms. The molecule has 0 spiro atoms. The maximum absolute atomic E-state index is 14.3. The van der Waals surface area contributed by atoms with E-state index in [1.165, 1.54) is 21.3 Å². The Morgan fingerprint density at radius 3 is 2.39 bits per heavy atom. The average Bonchev–Trinajstić information content (AvgIpc) is 2.91. The molecule has 1 heterocycles. The van der Waals surface area contributed by atoms with Crippen LogP contribution in [-0.2, 0) is 0 Å².